The lowest BCUT2D eigenvalue weighted by Gasteiger charge is -2.28. The van der Waals surface area contributed by atoms with Gasteiger partial charge >= 0.3 is 5.97 Å². The average Bonchev–Trinajstić information content (AvgIpc) is 2.74. The van der Waals surface area contributed by atoms with Crippen LogP contribution in [-0.2, 0) is 24.8 Å². The van der Waals surface area contributed by atoms with Gasteiger partial charge in [-0.3, -0.25) is 9.03 Å². The number of nitrogens with zero attached hydrogens (tertiary/aromatic N) is 1. The molecular weight excluding hydrogens is 440 g/mol. The molecule has 0 radical (unpaired) electrons. The van der Waals surface area contributed by atoms with Gasteiger partial charge < -0.3 is 4.74 Å². The van der Waals surface area contributed by atoms with Crippen LogP contribution in [0.5, 0.6) is 0 Å². The van der Waals surface area contributed by atoms with Crippen LogP contribution in [0.15, 0.2) is 53.4 Å². The van der Waals surface area contributed by atoms with Gasteiger partial charge in [0.2, 0.25) is 10.0 Å². The number of hydrogen-bond donors (Lipinski definition) is 1. The van der Waals surface area contributed by atoms with Crippen LogP contribution in [0.3, 0.4) is 0 Å². The molecule has 0 amide bonds. The van der Waals surface area contributed by atoms with Crippen molar-refractivity contribution >= 4 is 37.4 Å². The Morgan fingerprint density at radius 1 is 1.06 bits per heavy atom. The highest BCUT2D eigenvalue weighted by atomic mass is 32.2. The van der Waals surface area contributed by atoms with Gasteiger partial charge in [0.05, 0.1) is 28.5 Å². The molecule has 0 saturated carbocycles. The second kappa shape index (κ2) is 9.69. The first-order valence-electron chi connectivity index (χ1n) is 10.1. The van der Waals surface area contributed by atoms with Crippen LogP contribution < -0.4 is 9.03 Å². The molecular formula is C21H26N2O6S2. The topological polar surface area (TPSA) is 110 Å². The summed E-state index contributed by atoms with van der Waals surface area (Å²) in [5.41, 5.74) is 1.09. The summed E-state index contributed by atoms with van der Waals surface area (Å²) in [6.45, 7) is 2.73. The van der Waals surface area contributed by atoms with Gasteiger partial charge in [-0.05, 0) is 67.8 Å². The zero-order valence-corrected chi connectivity index (χ0v) is 18.9. The lowest BCUT2D eigenvalue weighted by molar-refractivity contribution is 0.0499. The highest BCUT2D eigenvalue weighted by molar-refractivity contribution is 7.93. The minimum atomic E-state index is -3.87. The molecule has 1 fully saturated rings. The quantitative estimate of drug-likeness (QED) is 0.472. The number of benzene rings is 2. The monoisotopic (exact) mass is 466 g/mol. The smallest absolute Gasteiger partial charge is 0.338 e. The number of ether oxygens (including phenoxy) is 1. The summed E-state index contributed by atoms with van der Waals surface area (Å²) in [6, 6.07) is 11.7. The molecule has 0 spiro atoms. The Morgan fingerprint density at radius 2 is 1.74 bits per heavy atom. The van der Waals surface area contributed by atoms with E-state index < -0.39 is 26.0 Å². The van der Waals surface area contributed by atoms with E-state index in [0.717, 1.165) is 19.3 Å². The molecule has 0 atom stereocenters. The summed E-state index contributed by atoms with van der Waals surface area (Å²) in [5, 5.41) is 0. The molecule has 1 saturated heterocycles. The summed E-state index contributed by atoms with van der Waals surface area (Å²) in [7, 11) is -7.24. The summed E-state index contributed by atoms with van der Waals surface area (Å²) in [6.07, 6.45) is 3.10. The van der Waals surface area contributed by atoms with E-state index in [4.69, 9.17) is 4.74 Å². The van der Waals surface area contributed by atoms with Gasteiger partial charge in [-0.2, -0.15) is 0 Å². The minimum Gasteiger partial charge on any atom is -0.462 e. The van der Waals surface area contributed by atoms with Gasteiger partial charge in [0.15, 0.2) is 0 Å². The first-order valence-corrected chi connectivity index (χ1v) is 13.2. The third kappa shape index (κ3) is 5.76. The van der Waals surface area contributed by atoms with Crippen molar-refractivity contribution in [1.29, 1.82) is 0 Å². The fourth-order valence-corrected chi connectivity index (χ4v) is 5.85. The van der Waals surface area contributed by atoms with Gasteiger partial charge in [0.25, 0.3) is 10.0 Å². The van der Waals surface area contributed by atoms with E-state index in [0.29, 0.717) is 36.5 Å². The number of anilines is 2. The number of carbonyl (C=O) groups is 1. The molecule has 1 aliphatic heterocycles. The summed E-state index contributed by atoms with van der Waals surface area (Å²) in [5.74, 6) is -0.359. The number of hydrogen-bond acceptors (Lipinski definition) is 6. The van der Waals surface area contributed by atoms with Gasteiger partial charge in [-0.15, -0.1) is 0 Å². The molecule has 0 bridgehead atoms. The van der Waals surface area contributed by atoms with Crippen molar-refractivity contribution in [1.82, 2.24) is 0 Å². The van der Waals surface area contributed by atoms with E-state index in [9.17, 15) is 21.6 Å². The largest absolute Gasteiger partial charge is 0.462 e. The average molecular weight is 467 g/mol. The zero-order chi connectivity index (χ0) is 22.5. The van der Waals surface area contributed by atoms with Gasteiger partial charge in [0, 0.05) is 12.2 Å². The van der Waals surface area contributed by atoms with Crippen molar-refractivity contribution in [3.8, 4) is 0 Å². The Balaban J connectivity index is 1.68. The molecule has 0 aliphatic carbocycles. The first-order chi connectivity index (χ1) is 14.7. The SMILES string of the molecule is CCCCOC(=O)c1ccc(NS(=O)(=O)c2ccc(N3CCCCS3(=O)=O)cc2)cc1. The summed E-state index contributed by atoms with van der Waals surface area (Å²) >= 11 is 0. The third-order valence-electron chi connectivity index (χ3n) is 4.89. The summed E-state index contributed by atoms with van der Waals surface area (Å²) in [4.78, 5) is 11.9. The van der Waals surface area contributed by atoms with E-state index in [1.165, 1.54) is 52.8 Å². The minimum absolute atomic E-state index is 0.00806. The Labute approximate surface area is 183 Å². The molecule has 8 nitrogen and oxygen atoms in total. The Bertz CT molecular complexity index is 1110. The fraction of sp³-hybridized carbons (Fsp3) is 0.381. The number of nitrogens with one attached hydrogen (secondary N) is 1. The molecule has 2 aromatic carbocycles. The van der Waals surface area contributed by atoms with E-state index in [1.54, 1.807) is 0 Å². The molecule has 0 aromatic heterocycles. The van der Waals surface area contributed by atoms with Crippen LogP contribution in [0.4, 0.5) is 11.4 Å². The highest BCUT2D eigenvalue weighted by Crippen LogP contribution is 2.25. The lowest BCUT2D eigenvalue weighted by atomic mass is 10.2. The van der Waals surface area contributed by atoms with Crippen molar-refractivity contribution < 1.29 is 26.4 Å². The first kappa shape index (κ1) is 23.1. The Kier molecular flexibility index (Phi) is 7.22. The van der Waals surface area contributed by atoms with Crippen molar-refractivity contribution in [2.24, 2.45) is 0 Å². The Hall–Kier alpha value is -2.59. The molecule has 0 unspecified atom stereocenters. The predicted molar refractivity (Wildman–Crippen MR) is 119 cm³/mol. The maximum absolute atomic E-state index is 12.7. The molecule has 2 aromatic rings. The van der Waals surface area contributed by atoms with Crippen molar-refractivity contribution in [2.45, 2.75) is 37.5 Å². The van der Waals surface area contributed by atoms with Gasteiger partial charge in [-0.25, -0.2) is 21.6 Å². The van der Waals surface area contributed by atoms with Crippen LogP contribution in [0.1, 0.15) is 43.0 Å². The third-order valence-corrected chi connectivity index (χ3v) is 8.15. The summed E-state index contributed by atoms with van der Waals surface area (Å²) < 4.78 is 58.7. The zero-order valence-electron chi connectivity index (χ0n) is 17.3. The van der Waals surface area contributed by atoms with E-state index in [-0.39, 0.29) is 10.6 Å². The number of rotatable bonds is 8. The van der Waals surface area contributed by atoms with Crippen LogP contribution in [-0.4, -0.2) is 41.7 Å². The van der Waals surface area contributed by atoms with Gasteiger partial charge in [0.1, 0.15) is 0 Å². The van der Waals surface area contributed by atoms with Crippen LogP contribution in [0.2, 0.25) is 0 Å². The van der Waals surface area contributed by atoms with Crippen molar-refractivity contribution in [3.63, 3.8) is 0 Å². The Morgan fingerprint density at radius 3 is 2.35 bits per heavy atom. The maximum Gasteiger partial charge on any atom is 0.338 e. The second-order valence-corrected chi connectivity index (χ2v) is 11.0. The number of carbonyl (C=O) groups excluding carboxylic acids is 1. The molecule has 10 heteroatoms. The molecule has 168 valence electrons. The standard InChI is InChI=1S/C21H26N2O6S2/c1-2-3-15-29-21(24)17-6-8-18(9-7-17)22-31(27,28)20-12-10-19(11-13-20)23-14-4-5-16-30(23,25)26/h6-13,22H,2-5,14-16H2,1H3. The van der Waals surface area contributed by atoms with Crippen LogP contribution in [0.25, 0.3) is 0 Å². The molecule has 1 N–H and O–H groups in total. The lowest BCUT2D eigenvalue weighted by Crippen LogP contribution is -2.37. The van der Waals surface area contributed by atoms with Crippen molar-refractivity contribution in [2.75, 3.05) is 27.9 Å². The normalized spacial score (nSPS) is 16.0. The number of esters is 1. The molecule has 1 heterocycles. The number of unbranched alkanes of at least 4 members (excludes halogenated alkanes) is 1. The van der Waals surface area contributed by atoms with Crippen LogP contribution >= 0.6 is 0 Å². The fourth-order valence-electron chi connectivity index (χ4n) is 3.15. The van der Waals surface area contributed by atoms with Crippen molar-refractivity contribution in [3.05, 3.63) is 54.1 Å². The van der Waals surface area contributed by atoms with Gasteiger partial charge in [-0.1, -0.05) is 13.3 Å². The number of sulfonamides is 2. The molecule has 31 heavy (non-hydrogen) atoms. The predicted octanol–water partition coefficient (Wildman–Crippen LogP) is 3.37. The van der Waals surface area contributed by atoms with E-state index >= 15 is 0 Å². The maximum atomic E-state index is 12.7. The molecule has 1 aliphatic rings. The van der Waals surface area contributed by atoms with E-state index in [1.807, 2.05) is 6.92 Å². The van der Waals surface area contributed by atoms with E-state index in [2.05, 4.69) is 4.72 Å². The highest BCUT2D eigenvalue weighted by Gasteiger charge is 2.26. The second-order valence-electron chi connectivity index (χ2n) is 7.26. The van der Waals surface area contributed by atoms with Crippen LogP contribution in [0, 0.1) is 0 Å². The molecule has 3 rings (SSSR count).